The van der Waals surface area contributed by atoms with Crippen molar-refractivity contribution in [2.75, 3.05) is 18.9 Å². The molecule has 0 amide bonds. The van der Waals surface area contributed by atoms with E-state index in [2.05, 4.69) is 28.4 Å². The average molecular weight is 246 g/mol. The topological polar surface area (TPSA) is 66.0 Å². The van der Waals surface area contributed by atoms with Gasteiger partial charge in [0.1, 0.15) is 17.3 Å². The number of ether oxygens (including phenoxy) is 1. The van der Waals surface area contributed by atoms with Crippen molar-refractivity contribution < 1.29 is 4.74 Å². The van der Waals surface area contributed by atoms with Crippen LogP contribution in [0.15, 0.2) is 0 Å². The standard InChI is InChI=1S/C13H18N4O/c1-7-8(2)17(10-4-5-18-6-10)13-11(7)12(14)15-9(3)16-13/h10H,4-6H2,1-3H3,(H2,14,15,16). The summed E-state index contributed by atoms with van der Waals surface area (Å²) in [5.74, 6) is 1.30. The molecule has 0 aliphatic carbocycles. The first-order valence-corrected chi connectivity index (χ1v) is 6.28. The van der Waals surface area contributed by atoms with Crippen LogP contribution in [0.1, 0.15) is 29.5 Å². The Balaban J connectivity index is 2.33. The third-order valence-corrected chi connectivity index (χ3v) is 3.81. The number of nitrogens with two attached hydrogens (primary N) is 1. The molecule has 18 heavy (non-hydrogen) atoms. The van der Waals surface area contributed by atoms with Crippen LogP contribution in [0.5, 0.6) is 0 Å². The van der Waals surface area contributed by atoms with Gasteiger partial charge in [-0.3, -0.25) is 0 Å². The molecule has 2 N–H and O–H groups in total. The lowest BCUT2D eigenvalue weighted by Gasteiger charge is -2.14. The summed E-state index contributed by atoms with van der Waals surface area (Å²) in [5, 5.41) is 0.991. The minimum atomic E-state index is 0.370. The summed E-state index contributed by atoms with van der Waals surface area (Å²) in [5.41, 5.74) is 9.38. The Kier molecular flexibility index (Phi) is 2.52. The second-order valence-electron chi connectivity index (χ2n) is 4.95. The summed E-state index contributed by atoms with van der Waals surface area (Å²) in [6, 6.07) is 0.370. The lowest BCUT2D eigenvalue weighted by molar-refractivity contribution is 0.187. The van der Waals surface area contributed by atoms with Gasteiger partial charge in [-0.05, 0) is 32.8 Å². The van der Waals surface area contributed by atoms with Gasteiger partial charge in [0.15, 0.2) is 0 Å². The van der Waals surface area contributed by atoms with E-state index in [-0.39, 0.29) is 0 Å². The minimum Gasteiger partial charge on any atom is -0.383 e. The second-order valence-corrected chi connectivity index (χ2v) is 4.95. The molecule has 0 radical (unpaired) electrons. The van der Waals surface area contributed by atoms with E-state index < -0.39 is 0 Å². The monoisotopic (exact) mass is 246 g/mol. The fourth-order valence-electron chi connectivity index (χ4n) is 2.81. The summed E-state index contributed by atoms with van der Waals surface area (Å²) in [7, 11) is 0. The van der Waals surface area contributed by atoms with Gasteiger partial charge >= 0.3 is 0 Å². The number of nitrogens with zero attached hydrogens (tertiary/aromatic N) is 3. The van der Waals surface area contributed by atoms with Gasteiger partial charge < -0.3 is 15.0 Å². The van der Waals surface area contributed by atoms with E-state index >= 15 is 0 Å². The molecule has 96 valence electrons. The SMILES string of the molecule is Cc1nc(N)c2c(C)c(C)n(C3CCOC3)c2n1. The van der Waals surface area contributed by atoms with Crippen LogP contribution in [0, 0.1) is 20.8 Å². The number of hydrogen-bond acceptors (Lipinski definition) is 4. The Morgan fingerprint density at radius 3 is 2.72 bits per heavy atom. The summed E-state index contributed by atoms with van der Waals surface area (Å²) < 4.78 is 7.76. The van der Waals surface area contributed by atoms with Crippen molar-refractivity contribution in [1.29, 1.82) is 0 Å². The van der Waals surface area contributed by atoms with Crippen molar-refractivity contribution >= 4 is 16.9 Å². The van der Waals surface area contributed by atoms with E-state index in [4.69, 9.17) is 10.5 Å². The van der Waals surface area contributed by atoms with Crippen LogP contribution in [0.3, 0.4) is 0 Å². The van der Waals surface area contributed by atoms with Crippen LogP contribution < -0.4 is 5.73 Å². The molecular weight excluding hydrogens is 228 g/mol. The van der Waals surface area contributed by atoms with Gasteiger partial charge in [0.25, 0.3) is 0 Å². The second kappa shape index (κ2) is 3.95. The summed E-state index contributed by atoms with van der Waals surface area (Å²) in [6.07, 6.45) is 1.03. The Bertz CT molecular complexity index is 611. The highest BCUT2D eigenvalue weighted by Gasteiger charge is 2.24. The highest BCUT2D eigenvalue weighted by atomic mass is 16.5. The van der Waals surface area contributed by atoms with Crippen molar-refractivity contribution in [2.45, 2.75) is 33.2 Å². The first-order valence-electron chi connectivity index (χ1n) is 6.28. The lowest BCUT2D eigenvalue weighted by atomic mass is 10.2. The third-order valence-electron chi connectivity index (χ3n) is 3.81. The van der Waals surface area contributed by atoms with E-state index in [0.29, 0.717) is 11.9 Å². The predicted molar refractivity (Wildman–Crippen MR) is 70.6 cm³/mol. The van der Waals surface area contributed by atoms with Crippen LogP contribution in [0.4, 0.5) is 5.82 Å². The van der Waals surface area contributed by atoms with Crippen molar-refractivity contribution in [2.24, 2.45) is 0 Å². The molecular formula is C13H18N4O. The van der Waals surface area contributed by atoms with Crippen molar-refractivity contribution in [3.8, 4) is 0 Å². The molecule has 1 unspecified atom stereocenters. The van der Waals surface area contributed by atoms with Crippen LogP contribution in [0.25, 0.3) is 11.0 Å². The maximum Gasteiger partial charge on any atom is 0.146 e. The molecule has 3 rings (SSSR count). The molecule has 1 atom stereocenters. The zero-order valence-electron chi connectivity index (χ0n) is 11.0. The summed E-state index contributed by atoms with van der Waals surface area (Å²) in [4.78, 5) is 8.84. The number of aromatic nitrogens is 3. The quantitative estimate of drug-likeness (QED) is 0.834. The molecule has 2 aromatic heterocycles. The highest BCUT2D eigenvalue weighted by molar-refractivity contribution is 5.91. The van der Waals surface area contributed by atoms with Crippen molar-refractivity contribution in [1.82, 2.24) is 14.5 Å². The van der Waals surface area contributed by atoms with E-state index in [1.807, 2.05) is 6.92 Å². The van der Waals surface area contributed by atoms with Crippen LogP contribution in [-0.4, -0.2) is 27.7 Å². The molecule has 0 saturated carbocycles. The van der Waals surface area contributed by atoms with Gasteiger partial charge in [-0.2, -0.15) is 0 Å². The number of fused-ring (bicyclic) bond motifs is 1. The van der Waals surface area contributed by atoms with E-state index in [9.17, 15) is 0 Å². The van der Waals surface area contributed by atoms with Crippen LogP contribution in [-0.2, 0) is 4.74 Å². The smallest absolute Gasteiger partial charge is 0.146 e. The number of rotatable bonds is 1. The number of aryl methyl sites for hydroxylation is 2. The van der Waals surface area contributed by atoms with Gasteiger partial charge in [-0.1, -0.05) is 0 Å². The Hall–Kier alpha value is -1.62. The number of hydrogen-bond donors (Lipinski definition) is 1. The fourth-order valence-corrected chi connectivity index (χ4v) is 2.81. The third kappa shape index (κ3) is 1.50. The van der Waals surface area contributed by atoms with E-state index in [1.165, 1.54) is 11.3 Å². The molecule has 0 aromatic carbocycles. The van der Waals surface area contributed by atoms with E-state index in [0.717, 1.165) is 36.5 Å². The molecule has 1 fully saturated rings. The molecule has 1 aliphatic heterocycles. The number of anilines is 1. The Morgan fingerprint density at radius 2 is 2.06 bits per heavy atom. The zero-order valence-corrected chi connectivity index (χ0v) is 11.0. The highest BCUT2D eigenvalue weighted by Crippen LogP contribution is 2.32. The molecule has 5 nitrogen and oxygen atoms in total. The molecule has 3 heterocycles. The molecule has 2 aromatic rings. The van der Waals surface area contributed by atoms with Crippen LogP contribution >= 0.6 is 0 Å². The molecule has 1 aliphatic rings. The predicted octanol–water partition coefficient (Wildman–Crippen LogP) is 1.90. The first kappa shape index (κ1) is 11.5. The van der Waals surface area contributed by atoms with Crippen molar-refractivity contribution in [3.05, 3.63) is 17.1 Å². The molecule has 1 saturated heterocycles. The fraction of sp³-hybridized carbons (Fsp3) is 0.538. The first-order chi connectivity index (χ1) is 8.59. The van der Waals surface area contributed by atoms with E-state index in [1.54, 1.807) is 0 Å². The summed E-state index contributed by atoms with van der Waals surface area (Å²) >= 11 is 0. The van der Waals surface area contributed by atoms with Gasteiger partial charge in [-0.15, -0.1) is 0 Å². The largest absolute Gasteiger partial charge is 0.383 e. The maximum atomic E-state index is 6.04. The van der Waals surface area contributed by atoms with Gasteiger partial charge in [-0.25, -0.2) is 9.97 Å². The Morgan fingerprint density at radius 1 is 1.28 bits per heavy atom. The zero-order chi connectivity index (χ0) is 12.9. The van der Waals surface area contributed by atoms with Crippen LogP contribution in [0.2, 0.25) is 0 Å². The van der Waals surface area contributed by atoms with Crippen molar-refractivity contribution in [3.63, 3.8) is 0 Å². The van der Waals surface area contributed by atoms with Gasteiger partial charge in [0.2, 0.25) is 0 Å². The molecule has 0 spiro atoms. The lowest BCUT2D eigenvalue weighted by Crippen LogP contribution is -2.11. The maximum absolute atomic E-state index is 6.04. The average Bonchev–Trinajstić information content (AvgIpc) is 2.88. The molecule has 0 bridgehead atoms. The van der Waals surface area contributed by atoms with Gasteiger partial charge in [0.05, 0.1) is 18.0 Å². The summed E-state index contributed by atoms with van der Waals surface area (Å²) in [6.45, 7) is 7.65. The molecule has 5 heteroatoms. The normalized spacial score (nSPS) is 19.8. The minimum absolute atomic E-state index is 0.370. The number of nitrogen functional groups attached to an aromatic ring is 1. The van der Waals surface area contributed by atoms with Gasteiger partial charge in [0, 0.05) is 12.3 Å². The Labute approximate surface area is 106 Å².